The number of hydrogen-bond donors (Lipinski definition) is 0. The number of alkyl halides is 3. The molecule has 9 heteroatoms. The lowest BCUT2D eigenvalue weighted by atomic mass is 10.0. The Kier molecular flexibility index (Phi) is 4.65. The molecule has 0 aromatic heterocycles. The van der Waals surface area contributed by atoms with Crippen molar-refractivity contribution in [3.63, 3.8) is 0 Å². The van der Waals surface area contributed by atoms with Crippen LogP contribution in [0, 0.1) is 5.92 Å². The third-order valence-electron chi connectivity index (χ3n) is 5.77. The molecule has 0 spiro atoms. The molecule has 0 radical (unpaired) electrons. The van der Waals surface area contributed by atoms with Crippen molar-refractivity contribution < 1.29 is 18.0 Å². The SMILES string of the molecule is CN(C)C1CCN(c2cccc3c2CN(C2=CN=NC(=O)C2C(F)(F)F)C3)C1. The fraction of sp³-hybridized carbons (Fsp3) is 0.526. The topological polar surface area (TPSA) is 51.5 Å². The molecular weight excluding hydrogens is 371 g/mol. The zero-order chi connectivity index (χ0) is 20.1. The van der Waals surface area contributed by atoms with Crippen LogP contribution in [0.5, 0.6) is 0 Å². The van der Waals surface area contributed by atoms with Crippen molar-refractivity contribution in [1.29, 1.82) is 0 Å². The number of halogens is 3. The average molecular weight is 393 g/mol. The number of hydrogen-bond acceptors (Lipinski definition) is 5. The lowest BCUT2D eigenvalue weighted by Gasteiger charge is -2.29. The summed E-state index contributed by atoms with van der Waals surface area (Å²) in [6.45, 7) is 2.47. The van der Waals surface area contributed by atoms with Crippen molar-refractivity contribution in [2.45, 2.75) is 31.7 Å². The van der Waals surface area contributed by atoms with Crippen molar-refractivity contribution in [2.75, 3.05) is 32.1 Å². The van der Waals surface area contributed by atoms with Gasteiger partial charge in [0.25, 0.3) is 5.91 Å². The van der Waals surface area contributed by atoms with Gasteiger partial charge in [0, 0.05) is 37.9 Å². The maximum absolute atomic E-state index is 13.5. The highest BCUT2D eigenvalue weighted by atomic mass is 19.4. The Bertz CT molecular complexity index is 848. The summed E-state index contributed by atoms with van der Waals surface area (Å²) in [6.07, 6.45) is -2.56. The average Bonchev–Trinajstić information content (AvgIpc) is 3.27. The number of carbonyl (C=O) groups is 1. The Labute approximate surface area is 161 Å². The van der Waals surface area contributed by atoms with Crippen LogP contribution in [0.3, 0.4) is 0 Å². The maximum Gasteiger partial charge on any atom is 0.406 e. The molecule has 1 aromatic rings. The summed E-state index contributed by atoms with van der Waals surface area (Å²) < 4.78 is 40.4. The molecule has 1 amide bonds. The third-order valence-corrected chi connectivity index (χ3v) is 5.77. The normalized spacial score (nSPS) is 24.9. The minimum Gasteiger partial charge on any atom is -0.370 e. The fourth-order valence-electron chi connectivity index (χ4n) is 4.24. The summed E-state index contributed by atoms with van der Waals surface area (Å²) in [6, 6.07) is 6.37. The number of likely N-dealkylation sites (N-methyl/N-ethyl adjacent to an activating group) is 1. The molecule has 150 valence electrons. The molecule has 0 saturated carbocycles. The van der Waals surface area contributed by atoms with Crippen LogP contribution in [-0.4, -0.2) is 55.1 Å². The minimum atomic E-state index is -4.69. The van der Waals surface area contributed by atoms with E-state index in [9.17, 15) is 18.0 Å². The van der Waals surface area contributed by atoms with Crippen LogP contribution < -0.4 is 4.90 Å². The van der Waals surface area contributed by atoms with Gasteiger partial charge in [0.05, 0.1) is 11.9 Å². The molecule has 3 aliphatic heterocycles. The predicted molar refractivity (Wildman–Crippen MR) is 97.5 cm³/mol. The highest BCUT2D eigenvalue weighted by Gasteiger charge is 2.50. The summed E-state index contributed by atoms with van der Waals surface area (Å²) in [7, 11) is 4.12. The number of nitrogens with zero attached hydrogens (tertiary/aromatic N) is 5. The molecule has 1 saturated heterocycles. The number of anilines is 1. The van der Waals surface area contributed by atoms with Crippen molar-refractivity contribution in [1.82, 2.24) is 9.80 Å². The summed E-state index contributed by atoms with van der Waals surface area (Å²) in [5.41, 5.74) is 2.96. The first-order chi connectivity index (χ1) is 13.3. The van der Waals surface area contributed by atoms with Gasteiger partial charge < -0.3 is 14.7 Å². The standard InChI is InChI=1S/C19H22F3N5O/c1-25(2)13-6-7-26(10-13)15-5-3-4-12-9-27(11-14(12)15)16-8-23-24-18(28)17(16)19(20,21)22/h3-5,8,13,17H,6-7,9-11H2,1-2H3. The van der Waals surface area contributed by atoms with Gasteiger partial charge in [0.1, 0.15) is 0 Å². The minimum absolute atomic E-state index is 0.123. The molecule has 0 bridgehead atoms. The largest absolute Gasteiger partial charge is 0.406 e. The van der Waals surface area contributed by atoms with Crippen molar-refractivity contribution in [2.24, 2.45) is 16.1 Å². The molecule has 1 fully saturated rings. The highest BCUT2D eigenvalue weighted by Crippen LogP contribution is 2.41. The van der Waals surface area contributed by atoms with Crippen LogP contribution in [0.2, 0.25) is 0 Å². The van der Waals surface area contributed by atoms with E-state index in [1.54, 1.807) is 4.90 Å². The van der Waals surface area contributed by atoms with Crippen LogP contribution >= 0.6 is 0 Å². The van der Waals surface area contributed by atoms with E-state index >= 15 is 0 Å². The fourth-order valence-corrected chi connectivity index (χ4v) is 4.24. The smallest absolute Gasteiger partial charge is 0.370 e. The quantitative estimate of drug-likeness (QED) is 0.792. The van der Waals surface area contributed by atoms with Crippen molar-refractivity contribution in [3.05, 3.63) is 41.2 Å². The van der Waals surface area contributed by atoms with Gasteiger partial charge in [-0.3, -0.25) is 4.79 Å². The molecule has 0 aliphatic carbocycles. The number of fused-ring (bicyclic) bond motifs is 1. The first kappa shape index (κ1) is 18.9. The van der Waals surface area contributed by atoms with Crippen LogP contribution in [-0.2, 0) is 17.9 Å². The number of rotatable bonds is 3. The lowest BCUT2D eigenvalue weighted by Crippen LogP contribution is -2.38. The Morgan fingerprint density at radius 3 is 2.64 bits per heavy atom. The highest BCUT2D eigenvalue weighted by molar-refractivity contribution is 5.83. The van der Waals surface area contributed by atoms with Crippen molar-refractivity contribution >= 4 is 11.6 Å². The molecule has 2 unspecified atom stereocenters. The van der Waals surface area contributed by atoms with Gasteiger partial charge in [-0.2, -0.15) is 18.3 Å². The molecule has 0 N–H and O–H groups in total. The number of amides is 1. The van der Waals surface area contributed by atoms with E-state index in [1.165, 1.54) is 0 Å². The van der Waals surface area contributed by atoms with Crippen molar-refractivity contribution in [3.8, 4) is 0 Å². The molecule has 1 aromatic carbocycles. The first-order valence-electron chi connectivity index (χ1n) is 9.24. The second-order valence-corrected chi connectivity index (χ2v) is 7.71. The summed E-state index contributed by atoms with van der Waals surface area (Å²) in [5.74, 6) is -3.50. The second kappa shape index (κ2) is 6.88. The second-order valence-electron chi connectivity index (χ2n) is 7.71. The van der Waals surface area contributed by atoms with Crippen LogP contribution in [0.4, 0.5) is 18.9 Å². The summed E-state index contributed by atoms with van der Waals surface area (Å²) in [4.78, 5) is 17.9. The van der Waals surface area contributed by atoms with Gasteiger partial charge in [-0.25, -0.2) is 0 Å². The zero-order valence-electron chi connectivity index (χ0n) is 15.8. The van der Waals surface area contributed by atoms with E-state index in [-0.39, 0.29) is 5.70 Å². The molecule has 28 heavy (non-hydrogen) atoms. The van der Waals surface area contributed by atoms with E-state index in [1.807, 2.05) is 18.2 Å². The molecule has 3 heterocycles. The number of carbonyl (C=O) groups excluding carboxylic acids is 1. The van der Waals surface area contributed by atoms with Crippen LogP contribution in [0.15, 0.2) is 40.3 Å². The Morgan fingerprint density at radius 1 is 1.18 bits per heavy atom. The summed E-state index contributed by atoms with van der Waals surface area (Å²) in [5, 5.41) is 6.60. The Morgan fingerprint density at radius 2 is 1.96 bits per heavy atom. The van der Waals surface area contributed by atoms with Gasteiger partial charge >= 0.3 is 6.18 Å². The van der Waals surface area contributed by atoms with E-state index in [0.717, 1.165) is 42.5 Å². The van der Waals surface area contributed by atoms with Crippen LogP contribution in [0.1, 0.15) is 17.5 Å². The molecule has 6 nitrogen and oxygen atoms in total. The third kappa shape index (κ3) is 3.28. The summed E-state index contributed by atoms with van der Waals surface area (Å²) >= 11 is 0. The molecule has 4 rings (SSSR count). The lowest BCUT2D eigenvalue weighted by molar-refractivity contribution is -0.177. The molecule has 2 atom stereocenters. The Hall–Kier alpha value is -2.42. The van der Waals surface area contributed by atoms with E-state index in [4.69, 9.17) is 0 Å². The van der Waals surface area contributed by atoms with E-state index < -0.39 is 18.0 Å². The van der Waals surface area contributed by atoms with E-state index in [0.29, 0.717) is 19.1 Å². The van der Waals surface area contributed by atoms with Gasteiger partial charge in [0.2, 0.25) is 0 Å². The van der Waals surface area contributed by atoms with Gasteiger partial charge in [-0.1, -0.05) is 12.1 Å². The monoisotopic (exact) mass is 393 g/mol. The molecular formula is C19H22F3N5O. The zero-order valence-corrected chi connectivity index (χ0v) is 15.8. The number of benzene rings is 1. The van der Waals surface area contributed by atoms with Gasteiger partial charge in [-0.05, 0) is 37.7 Å². The predicted octanol–water partition coefficient (Wildman–Crippen LogP) is 3.15. The van der Waals surface area contributed by atoms with Crippen LogP contribution in [0.25, 0.3) is 0 Å². The number of azo groups is 1. The first-order valence-corrected chi connectivity index (χ1v) is 9.24. The van der Waals surface area contributed by atoms with Gasteiger partial charge in [-0.15, -0.1) is 5.11 Å². The molecule has 3 aliphatic rings. The van der Waals surface area contributed by atoms with Gasteiger partial charge in [0.15, 0.2) is 5.92 Å². The Balaban J connectivity index is 1.60. The maximum atomic E-state index is 13.5. The van der Waals surface area contributed by atoms with E-state index in [2.05, 4.69) is 34.1 Å².